The number of nitrogens with zero attached hydrogens (tertiary/aromatic N) is 2. The number of benzene rings is 1. The lowest BCUT2D eigenvalue weighted by molar-refractivity contribution is 0.112. The minimum atomic E-state index is -0.510. The van der Waals surface area contributed by atoms with Crippen molar-refractivity contribution in [3.63, 3.8) is 0 Å². The first-order valence-electron chi connectivity index (χ1n) is 6.12. The first kappa shape index (κ1) is 15.2. The number of hydrogen-bond acceptors (Lipinski definition) is 3. The number of likely N-dealkylation sites (N-methyl/N-ethyl adjacent to an activating group) is 1. The van der Waals surface area contributed by atoms with Crippen LogP contribution in [0.5, 0.6) is 0 Å². The van der Waals surface area contributed by atoms with Crippen LogP contribution in [0.25, 0.3) is 0 Å². The molecular formula is C14H19BrN2O. The SMILES string of the molecule is CCN(C[C@@H](O)c1ccc(Br)cc1)C[C@@H](C)C#N. The molecule has 1 rings (SSSR count). The van der Waals surface area contributed by atoms with Crippen LogP contribution in [0.4, 0.5) is 0 Å². The van der Waals surface area contributed by atoms with Crippen molar-refractivity contribution in [2.75, 3.05) is 19.6 Å². The Labute approximate surface area is 117 Å². The number of aliphatic hydroxyl groups is 1. The van der Waals surface area contributed by atoms with Gasteiger partial charge in [-0.05, 0) is 31.2 Å². The number of nitriles is 1. The van der Waals surface area contributed by atoms with Crippen LogP contribution >= 0.6 is 15.9 Å². The van der Waals surface area contributed by atoms with Crippen LogP contribution in [0.2, 0.25) is 0 Å². The molecule has 0 unspecified atom stereocenters. The van der Waals surface area contributed by atoms with Crippen molar-refractivity contribution in [1.29, 1.82) is 5.26 Å². The zero-order valence-electron chi connectivity index (χ0n) is 10.8. The molecule has 0 aliphatic carbocycles. The van der Waals surface area contributed by atoms with Crippen LogP contribution in [0, 0.1) is 17.2 Å². The van der Waals surface area contributed by atoms with E-state index in [0.717, 1.165) is 16.6 Å². The first-order valence-corrected chi connectivity index (χ1v) is 6.91. The average Bonchev–Trinajstić information content (AvgIpc) is 2.38. The van der Waals surface area contributed by atoms with Crippen LogP contribution in [0.1, 0.15) is 25.5 Å². The van der Waals surface area contributed by atoms with Gasteiger partial charge in [0, 0.05) is 17.6 Å². The molecule has 4 heteroatoms. The van der Waals surface area contributed by atoms with Gasteiger partial charge in [-0.1, -0.05) is 35.0 Å². The van der Waals surface area contributed by atoms with E-state index in [0.29, 0.717) is 13.1 Å². The molecule has 0 aliphatic rings. The van der Waals surface area contributed by atoms with Crippen molar-refractivity contribution in [2.45, 2.75) is 20.0 Å². The van der Waals surface area contributed by atoms with Crippen LogP contribution in [-0.4, -0.2) is 29.6 Å². The van der Waals surface area contributed by atoms with Gasteiger partial charge in [0.25, 0.3) is 0 Å². The fourth-order valence-corrected chi connectivity index (χ4v) is 2.06. The number of hydrogen-bond donors (Lipinski definition) is 1. The Morgan fingerprint density at radius 2 is 1.94 bits per heavy atom. The van der Waals surface area contributed by atoms with E-state index >= 15 is 0 Å². The van der Waals surface area contributed by atoms with E-state index in [1.807, 2.05) is 38.1 Å². The van der Waals surface area contributed by atoms with Crippen LogP contribution in [0.3, 0.4) is 0 Å². The van der Waals surface area contributed by atoms with Crippen molar-refractivity contribution in [1.82, 2.24) is 4.90 Å². The standard InChI is InChI=1S/C14H19BrN2O/c1-3-17(9-11(2)8-16)10-14(18)12-4-6-13(15)7-5-12/h4-7,11,14,18H,3,9-10H2,1-2H3/t11-,14+/m0/s1. The number of rotatable bonds is 6. The lowest BCUT2D eigenvalue weighted by atomic mass is 10.1. The summed E-state index contributed by atoms with van der Waals surface area (Å²) in [7, 11) is 0. The lowest BCUT2D eigenvalue weighted by Crippen LogP contribution is -2.32. The molecule has 0 saturated heterocycles. The summed E-state index contributed by atoms with van der Waals surface area (Å²) in [4.78, 5) is 2.10. The zero-order valence-corrected chi connectivity index (χ0v) is 12.4. The highest BCUT2D eigenvalue weighted by molar-refractivity contribution is 9.10. The summed E-state index contributed by atoms with van der Waals surface area (Å²) < 4.78 is 1.00. The highest BCUT2D eigenvalue weighted by Crippen LogP contribution is 2.18. The number of aliphatic hydroxyl groups excluding tert-OH is 1. The molecule has 0 radical (unpaired) electrons. The Bertz CT molecular complexity index is 399. The molecule has 1 aromatic carbocycles. The Balaban J connectivity index is 2.59. The third-order valence-electron chi connectivity index (χ3n) is 2.89. The molecule has 2 atom stereocenters. The highest BCUT2D eigenvalue weighted by Gasteiger charge is 2.14. The third kappa shape index (κ3) is 4.77. The molecule has 0 amide bonds. The van der Waals surface area contributed by atoms with Gasteiger partial charge in [-0.25, -0.2) is 0 Å². The molecule has 0 heterocycles. The molecule has 98 valence electrons. The van der Waals surface area contributed by atoms with E-state index in [1.165, 1.54) is 0 Å². The Morgan fingerprint density at radius 3 is 2.44 bits per heavy atom. The van der Waals surface area contributed by atoms with Gasteiger partial charge in [0.2, 0.25) is 0 Å². The third-order valence-corrected chi connectivity index (χ3v) is 3.41. The Morgan fingerprint density at radius 1 is 1.33 bits per heavy atom. The summed E-state index contributed by atoms with van der Waals surface area (Å²) in [5.41, 5.74) is 0.904. The normalized spacial score (nSPS) is 14.2. The largest absolute Gasteiger partial charge is 0.387 e. The van der Waals surface area contributed by atoms with Gasteiger partial charge in [0.05, 0.1) is 18.1 Å². The average molecular weight is 311 g/mol. The molecule has 18 heavy (non-hydrogen) atoms. The zero-order chi connectivity index (χ0) is 13.5. The Hall–Kier alpha value is -0.890. The Kier molecular flexibility index (Phi) is 6.34. The van der Waals surface area contributed by atoms with E-state index < -0.39 is 6.10 Å². The topological polar surface area (TPSA) is 47.3 Å². The quantitative estimate of drug-likeness (QED) is 0.878. The lowest BCUT2D eigenvalue weighted by Gasteiger charge is -2.24. The molecule has 3 nitrogen and oxygen atoms in total. The molecule has 0 aliphatic heterocycles. The predicted octanol–water partition coefficient (Wildman–Crippen LogP) is 2.96. The smallest absolute Gasteiger partial charge is 0.0916 e. The van der Waals surface area contributed by atoms with E-state index in [4.69, 9.17) is 5.26 Å². The van der Waals surface area contributed by atoms with Gasteiger partial charge in [-0.3, -0.25) is 4.90 Å². The second-order valence-electron chi connectivity index (χ2n) is 4.45. The van der Waals surface area contributed by atoms with E-state index in [2.05, 4.69) is 26.9 Å². The van der Waals surface area contributed by atoms with E-state index in [-0.39, 0.29) is 5.92 Å². The summed E-state index contributed by atoms with van der Waals surface area (Å²) in [6, 6.07) is 9.89. The second-order valence-corrected chi connectivity index (χ2v) is 5.37. The van der Waals surface area contributed by atoms with Crippen LogP contribution in [0.15, 0.2) is 28.7 Å². The molecule has 1 N–H and O–H groups in total. The maximum Gasteiger partial charge on any atom is 0.0916 e. The van der Waals surface area contributed by atoms with Gasteiger partial charge >= 0.3 is 0 Å². The summed E-state index contributed by atoms with van der Waals surface area (Å²) in [6.07, 6.45) is -0.510. The molecule has 1 aromatic rings. The van der Waals surface area contributed by atoms with Gasteiger partial charge in [-0.15, -0.1) is 0 Å². The van der Waals surface area contributed by atoms with Crippen molar-refractivity contribution >= 4 is 15.9 Å². The van der Waals surface area contributed by atoms with Crippen molar-refractivity contribution in [2.24, 2.45) is 5.92 Å². The fourth-order valence-electron chi connectivity index (χ4n) is 1.80. The van der Waals surface area contributed by atoms with Crippen LogP contribution < -0.4 is 0 Å². The van der Waals surface area contributed by atoms with Gasteiger partial charge in [0.1, 0.15) is 0 Å². The summed E-state index contributed by atoms with van der Waals surface area (Å²) in [6.45, 7) is 6.03. The maximum absolute atomic E-state index is 10.2. The van der Waals surface area contributed by atoms with Crippen LogP contribution in [-0.2, 0) is 0 Å². The summed E-state index contributed by atoms with van der Waals surface area (Å²) >= 11 is 3.37. The molecule has 0 fully saturated rings. The van der Waals surface area contributed by atoms with Gasteiger partial charge < -0.3 is 5.11 Å². The van der Waals surface area contributed by atoms with Gasteiger partial charge in [0.15, 0.2) is 0 Å². The monoisotopic (exact) mass is 310 g/mol. The minimum absolute atomic E-state index is 0.0120. The molecule has 0 spiro atoms. The van der Waals surface area contributed by atoms with E-state index in [9.17, 15) is 5.11 Å². The first-order chi connectivity index (χ1) is 8.56. The predicted molar refractivity (Wildman–Crippen MR) is 76.0 cm³/mol. The van der Waals surface area contributed by atoms with Crippen molar-refractivity contribution < 1.29 is 5.11 Å². The van der Waals surface area contributed by atoms with Crippen molar-refractivity contribution in [3.8, 4) is 6.07 Å². The maximum atomic E-state index is 10.2. The van der Waals surface area contributed by atoms with Gasteiger partial charge in [-0.2, -0.15) is 5.26 Å². The molecule has 0 bridgehead atoms. The molecular weight excluding hydrogens is 292 g/mol. The number of halogens is 1. The fraction of sp³-hybridized carbons (Fsp3) is 0.500. The second kappa shape index (κ2) is 7.52. The highest BCUT2D eigenvalue weighted by atomic mass is 79.9. The summed E-state index contributed by atoms with van der Waals surface area (Å²) in [5.74, 6) is -0.0120. The minimum Gasteiger partial charge on any atom is -0.387 e. The molecule has 0 aromatic heterocycles. The summed E-state index contributed by atoms with van der Waals surface area (Å²) in [5, 5.41) is 19.0. The van der Waals surface area contributed by atoms with E-state index in [1.54, 1.807) is 0 Å². The molecule has 0 saturated carbocycles. The van der Waals surface area contributed by atoms with Crippen molar-refractivity contribution in [3.05, 3.63) is 34.3 Å².